The summed E-state index contributed by atoms with van der Waals surface area (Å²) >= 11 is 1.46. The molecule has 0 spiro atoms. The first kappa shape index (κ1) is 19.4. The van der Waals surface area contributed by atoms with Gasteiger partial charge in [0.15, 0.2) is 0 Å². The number of nitrogens with two attached hydrogens (primary N) is 1. The zero-order valence-electron chi connectivity index (χ0n) is 16.5. The lowest BCUT2D eigenvalue weighted by Crippen LogP contribution is -2.28. The highest BCUT2D eigenvalue weighted by Crippen LogP contribution is 2.28. The number of rotatable bonds is 7. The van der Waals surface area contributed by atoms with Crippen LogP contribution in [0.15, 0.2) is 55.2 Å². The summed E-state index contributed by atoms with van der Waals surface area (Å²) in [6, 6.07) is 7.77. The number of hydrogen-bond acceptors (Lipinski definition) is 5. The maximum atomic E-state index is 12.6. The Bertz CT molecular complexity index is 1140. The van der Waals surface area contributed by atoms with Gasteiger partial charge in [-0.15, -0.1) is 11.3 Å². The number of hydrogen-bond donors (Lipinski definition) is 2. The van der Waals surface area contributed by atoms with Crippen molar-refractivity contribution in [3.8, 4) is 10.4 Å². The molecule has 7 nitrogen and oxygen atoms in total. The SMILES string of the molecule is CC(C)(CN)Cn1cc(-c2ccc(C(=O)NCc3ccn4ccnc4c3)s2)cn1. The molecular formula is C21H24N6OS. The molecule has 150 valence electrons. The number of aromatic nitrogens is 4. The Morgan fingerprint density at radius 3 is 2.97 bits per heavy atom. The summed E-state index contributed by atoms with van der Waals surface area (Å²) in [4.78, 5) is 18.5. The van der Waals surface area contributed by atoms with Crippen molar-refractivity contribution in [1.29, 1.82) is 0 Å². The highest BCUT2D eigenvalue weighted by Gasteiger charge is 2.18. The van der Waals surface area contributed by atoms with E-state index in [1.165, 1.54) is 11.3 Å². The van der Waals surface area contributed by atoms with Crippen molar-refractivity contribution < 1.29 is 4.79 Å². The molecule has 0 atom stereocenters. The predicted octanol–water partition coefficient (Wildman–Crippen LogP) is 3.17. The molecule has 0 bridgehead atoms. The van der Waals surface area contributed by atoms with E-state index in [0.717, 1.165) is 28.2 Å². The normalized spacial score (nSPS) is 11.8. The topological polar surface area (TPSA) is 90.2 Å². The summed E-state index contributed by atoms with van der Waals surface area (Å²) in [5.41, 5.74) is 8.69. The van der Waals surface area contributed by atoms with Gasteiger partial charge in [0.2, 0.25) is 0 Å². The lowest BCUT2D eigenvalue weighted by atomic mass is 9.94. The van der Waals surface area contributed by atoms with Gasteiger partial charge < -0.3 is 15.5 Å². The third-order valence-corrected chi connectivity index (χ3v) is 5.94. The zero-order chi connectivity index (χ0) is 20.4. The zero-order valence-corrected chi connectivity index (χ0v) is 17.3. The molecule has 0 saturated carbocycles. The first-order chi connectivity index (χ1) is 13.9. The van der Waals surface area contributed by atoms with Crippen LogP contribution in [0.1, 0.15) is 29.1 Å². The number of pyridine rings is 1. The van der Waals surface area contributed by atoms with Crippen LogP contribution in [0.2, 0.25) is 0 Å². The quantitative estimate of drug-likeness (QED) is 0.491. The van der Waals surface area contributed by atoms with E-state index in [2.05, 4.69) is 29.2 Å². The number of carbonyl (C=O) groups excluding carboxylic acids is 1. The Labute approximate surface area is 173 Å². The number of nitrogens with one attached hydrogen (secondary N) is 1. The molecule has 0 saturated heterocycles. The fourth-order valence-corrected chi connectivity index (χ4v) is 3.92. The second-order valence-corrected chi connectivity index (χ2v) is 8.95. The molecule has 0 aromatic carbocycles. The summed E-state index contributed by atoms with van der Waals surface area (Å²) in [6.45, 7) is 6.04. The van der Waals surface area contributed by atoms with Gasteiger partial charge in [-0.2, -0.15) is 5.10 Å². The van der Waals surface area contributed by atoms with E-state index in [0.29, 0.717) is 18.0 Å². The van der Waals surface area contributed by atoms with E-state index in [9.17, 15) is 4.79 Å². The summed E-state index contributed by atoms with van der Waals surface area (Å²) in [6.07, 6.45) is 9.43. The summed E-state index contributed by atoms with van der Waals surface area (Å²) in [5, 5.41) is 7.42. The van der Waals surface area contributed by atoms with Crippen molar-refractivity contribution in [2.75, 3.05) is 6.54 Å². The van der Waals surface area contributed by atoms with Gasteiger partial charge in [0.05, 0.1) is 11.1 Å². The number of imidazole rings is 1. The van der Waals surface area contributed by atoms with Crippen LogP contribution in [-0.4, -0.2) is 31.6 Å². The molecule has 0 aliphatic heterocycles. The highest BCUT2D eigenvalue weighted by molar-refractivity contribution is 7.17. The van der Waals surface area contributed by atoms with Crippen molar-refractivity contribution in [3.05, 3.63) is 65.7 Å². The van der Waals surface area contributed by atoms with E-state index < -0.39 is 0 Å². The van der Waals surface area contributed by atoms with Gasteiger partial charge in [0.1, 0.15) is 5.65 Å². The largest absolute Gasteiger partial charge is 0.347 e. The Morgan fingerprint density at radius 1 is 1.28 bits per heavy atom. The first-order valence-corrected chi connectivity index (χ1v) is 10.3. The van der Waals surface area contributed by atoms with Gasteiger partial charge in [-0.05, 0) is 41.8 Å². The van der Waals surface area contributed by atoms with Crippen molar-refractivity contribution in [3.63, 3.8) is 0 Å². The van der Waals surface area contributed by atoms with Crippen LogP contribution in [0.5, 0.6) is 0 Å². The van der Waals surface area contributed by atoms with E-state index in [-0.39, 0.29) is 11.3 Å². The highest BCUT2D eigenvalue weighted by atomic mass is 32.1. The first-order valence-electron chi connectivity index (χ1n) is 9.46. The van der Waals surface area contributed by atoms with Crippen LogP contribution in [0.25, 0.3) is 16.1 Å². The Hall–Kier alpha value is -2.97. The molecule has 3 N–H and O–H groups in total. The maximum absolute atomic E-state index is 12.6. The number of fused-ring (bicyclic) bond motifs is 1. The second-order valence-electron chi connectivity index (χ2n) is 7.87. The lowest BCUT2D eigenvalue weighted by Gasteiger charge is -2.21. The summed E-state index contributed by atoms with van der Waals surface area (Å²) in [7, 11) is 0. The van der Waals surface area contributed by atoms with E-state index in [1.807, 2.05) is 58.1 Å². The van der Waals surface area contributed by atoms with Gasteiger partial charge in [0.25, 0.3) is 5.91 Å². The predicted molar refractivity (Wildman–Crippen MR) is 115 cm³/mol. The van der Waals surface area contributed by atoms with Crippen LogP contribution >= 0.6 is 11.3 Å². The minimum atomic E-state index is -0.0823. The van der Waals surface area contributed by atoms with Crippen molar-refractivity contribution in [2.24, 2.45) is 11.1 Å². The Balaban J connectivity index is 1.40. The van der Waals surface area contributed by atoms with Crippen LogP contribution < -0.4 is 11.1 Å². The minimum Gasteiger partial charge on any atom is -0.347 e. The summed E-state index contributed by atoms with van der Waals surface area (Å²) in [5.74, 6) is -0.0823. The fourth-order valence-electron chi connectivity index (χ4n) is 3.03. The van der Waals surface area contributed by atoms with Crippen LogP contribution in [0.3, 0.4) is 0 Å². The van der Waals surface area contributed by atoms with Crippen LogP contribution in [0.4, 0.5) is 0 Å². The maximum Gasteiger partial charge on any atom is 0.261 e. The Morgan fingerprint density at radius 2 is 2.14 bits per heavy atom. The number of nitrogens with zero attached hydrogens (tertiary/aromatic N) is 4. The number of amides is 1. The van der Waals surface area contributed by atoms with Gasteiger partial charge in [-0.3, -0.25) is 9.48 Å². The monoisotopic (exact) mass is 408 g/mol. The molecule has 29 heavy (non-hydrogen) atoms. The van der Waals surface area contributed by atoms with Crippen LogP contribution in [-0.2, 0) is 13.1 Å². The minimum absolute atomic E-state index is 0.0107. The fraction of sp³-hybridized carbons (Fsp3) is 0.286. The molecule has 8 heteroatoms. The van der Waals surface area contributed by atoms with Gasteiger partial charge >= 0.3 is 0 Å². The van der Waals surface area contributed by atoms with Gasteiger partial charge in [-0.1, -0.05) is 13.8 Å². The molecule has 1 amide bonds. The molecule has 4 heterocycles. The van der Waals surface area contributed by atoms with E-state index in [4.69, 9.17) is 5.73 Å². The van der Waals surface area contributed by atoms with Crippen LogP contribution in [0, 0.1) is 5.41 Å². The van der Waals surface area contributed by atoms with Gasteiger partial charge in [-0.25, -0.2) is 4.98 Å². The molecule has 4 aromatic rings. The number of thiophene rings is 1. The smallest absolute Gasteiger partial charge is 0.261 e. The number of carbonyl (C=O) groups is 1. The van der Waals surface area contributed by atoms with Gasteiger partial charge in [0, 0.05) is 48.3 Å². The molecule has 4 rings (SSSR count). The van der Waals surface area contributed by atoms with Crippen molar-refractivity contribution >= 4 is 22.9 Å². The molecule has 0 aliphatic rings. The lowest BCUT2D eigenvalue weighted by molar-refractivity contribution is 0.0955. The average Bonchev–Trinajstić information content (AvgIpc) is 3.45. The molecule has 0 unspecified atom stereocenters. The molecular weight excluding hydrogens is 384 g/mol. The molecule has 0 fully saturated rings. The van der Waals surface area contributed by atoms with E-state index in [1.54, 1.807) is 6.20 Å². The standard InChI is InChI=1S/C21H24N6OS/c1-21(2,13-22)14-27-12-16(11-25-27)17-3-4-18(29-17)20(28)24-10-15-5-7-26-8-6-23-19(26)9-15/h3-9,11-12H,10,13-14,22H2,1-2H3,(H,24,28). The third-order valence-electron chi connectivity index (χ3n) is 4.81. The van der Waals surface area contributed by atoms with E-state index >= 15 is 0 Å². The molecule has 0 aliphatic carbocycles. The second kappa shape index (κ2) is 7.81. The Kier molecular flexibility index (Phi) is 5.21. The third kappa shape index (κ3) is 4.38. The van der Waals surface area contributed by atoms with Crippen molar-refractivity contribution in [2.45, 2.75) is 26.9 Å². The average molecular weight is 409 g/mol. The molecule has 0 radical (unpaired) electrons. The van der Waals surface area contributed by atoms with Crippen molar-refractivity contribution in [1.82, 2.24) is 24.5 Å². The summed E-state index contributed by atoms with van der Waals surface area (Å²) < 4.78 is 3.85. The molecule has 4 aromatic heterocycles.